The maximum absolute atomic E-state index is 12.6. The number of rotatable bonds is 0. The van der Waals surface area contributed by atoms with E-state index < -0.39 is 8.53 Å². The van der Waals surface area contributed by atoms with Crippen molar-refractivity contribution >= 4 is 8.53 Å². The minimum atomic E-state index is -1.42. The van der Waals surface area contributed by atoms with E-state index in [-0.39, 0.29) is 0 Å². The van der Waals surface area contributed by atoms with Crippen LogP contribution in [0.1, 0.15) is 0 Å². The molecule has 1 fully saturated rings. The van der Waals surface area contributed by atoms with E-state index in [1.807, 2.05) is 14.1 Å². The van der Waals surface area contributed by atoms with Gasteiger partial charge >= 0.3 is 0 Å². The predicted octanol–water partition coefficient (Wildman–Crippen LogP) is 1.06. The second kappa shape index (κ2) is 2.26. The van der Waals surface area contributed by atoms with Crippen molar-refractivity contribution in [3.8, 4) is 0 Å². The highest BCUT2D eigenvalue weighted by Gasteiger charge is 2.26. The lowest BCUT2D eigenvalue weighted by Crippen LogP contribution is -2.05. The maximum Gasteiger partial charge on any atom is 0.236 e. The number of likely N-dealkylation sites (N-methyl/N-ethyl adjacent to an activating group) is 2. The number of hydrogen-bond donors (Lipinski definition) is 0. The zero-order valence-corrected chi connectivity index (χ0v) is 6.03. The molecule has 1 heterocycles. The summed E-state index contributed by atoms with van der Waals surface area (Å²) in [5, 5.41) is 0. The van der Waals surface area contributed by atoms with Gasteiger partial charge in [-0.2, -0.15) is 4.20 Å². The van der Waals surface area contributed by atoms with Crippen LogP contribution in [-0.4, -0.2) is 36.5 Å². The zero-order valence-electron chi connectivity index (χ0n) is 5.13. The van der Waals surface area contributed by atoms with Gasteiger partial charge < -0.3 is 0 Å². The normalized spacial score (nSPS) is 27.4. The molecule has 0 spiro atoms. The molecule has 0 N–H and O–H groups in total. The Bertz CT molecular complexity index is 80.1. The first-order valence-electron chi connectivity index (χ1n) is 2.60. The van der Waals surface area contributed by atoms with Crippen LogP contribution in [0.2, 0.25) is 0 Å². The van der Waals surface area contributed by atoms with E-state index in [4.69, 9.17) is 0 Å². The van der Waals surface area contributed by atoms with Gasteiger partial charge in [0.25, 0.3) is 0 Å². The van der Waals surface area contributed by atoms with Crippen LogP contribution in [0.4, 0.5) is 4.20 Å². The zero-order chi connectivity index (χ0) is 6.15. The third kappa shape index (κ3) is 0.993. The monoisotopic (exact) mass is 136 g/mol. The molecule has 1 aliphatic heterocycles. The predicted molar refractivity (Wildman–Crippen MR) is 33.3 cm³/mol. The van der Waals surface area contributed by atoms with Gasteiger partial charge in [-0.3, -0.25) is 0 Å². The Kier molecular flexibility index (Phi) is 1.81. The fraction of sp³-hybridized carbons (Fsp3) is 1.00. The van der Waals surface area contributed by atoms with Gasteiger partial charge in [-0.15, -0.1) is 0 Å². The van der Waals surface area contributed by atoms with Gasteiger partial charge in [0.2, 0.25) is 8.53 Å². The molecule has 8 heavy (non-hydrogen) atoms. The summed E-state index contributed by atoms with van der Waals surface area (Å²) in [6, 6.07) is 0. The number of nitrogens with zero attached hydrogens (tertiary/aromatic N) is 2. The highest BCUT2D eigenvalue weighted by Crippen LogP contribution is 2.46. The Morgan fingerprint density at radius 1 is 1.25 bits per heavy atom. The third-order valence-corrected chi connectivity index (χ3v) is 2.84. The first-order valence-corrected chi connectivity index (χ1v) is 3.73. The van der Waals surface area contributed by atoms with Gasteiger partial charge in [-0.25, -0.2) is 9.34 Å². The summed E-state index contributed by atoms with van der Waals surface area (Å²) in [5.41, 5.74) is 0. The fourth-order valence-corrected chi connectivity index (χ4v) is 1.75. The van der Waals surface area contributed by atoms with Crippen LogP contribution < -0.4 is 0 Å². The molecule has 48 valence electrons. The molecule has 0 saturated carbocycles. The second-order valence-corrected chi connectivity index (χ2v) is 3.85. The van der Waals surface area contributed by atoms with E-state index in [0.29, 0.717) is 0 Å². The Balaban J connectivity index is 2.44. The quantitative estimate of drug-likeness (QED) is 0.459. The highest BCUT2D eigenvalue weighted by atomic mass is 31.2. The van der Waals surface area contributed by atoms with E-state index in [2.05, 4.69) is 0 Å². The molecule has 0 radical (unpaired) electrons. The number of halogens is 1. The van der Waals surface area contributed by atoms with Gasteiger partial charge in [0.15, 0.2) is 0 Å². The lowest BCUT2D eigenvalue weighted by Gasteiger charge is -2.12. The molecule has 0 aromatic heterocycles. The van der Waals surface area contributed by atoms with E-state index in [1.54, 1.807) is 9.34 Å². The third-order valence-electron chi connectivity index (χ3n) is 1.31. The number of hydrogen-bond acceptors (Lipinski definition) is 2. The molecular weight excluding hydrogens is 126 g/mol. The van der Waals surface area contributed by atoms with Crippen LogP contribution >= 0.6 is 8.53 Å². The standard InChI is InChI=1S/C4H10FN2P/c1-6-3-4-7(2)8(6)5/h3-4H2,1-2H3. The van der Waals surface area contributed by atoms with Crippen molar-refractivity contribution in [1.82, 2.24) is 9.34 Å². The second-order valence-electron chi connectivity index (χ2n) is 2.00. The first-order chi connectivity index (χ1) is 3.72. The largest absolute Gasteiger partial charge is 0.245 e. The molecule has 4 heteroatoms. The van der Waals surface area contributed by atoms with Crippen LogP contribution in [0.15, 0.2) is 0 Å². The van der Waals surface area contributed by atoms with Gasteiger partial charge in [-0.05, 0) is 14.1 Å². The van der Waals surface area contributed by atoms with Crippen molar-refractivity contribution in [1.29, 1.82) is 0 Å². The molecule has 0 aromatic rings. The maximum atomic E-state index is 12.6. The van der Waals surface area contributed by atoms with Crippen molar-refractivity contribution in [3.63, 3.8) is 0 Å². The lowest BCUT2D eigenvalue weighted by atomic mass is 10.6. The van der Waals surface area contributed by atoms with E-state index in [1.165, 1.54) is 0 Å². The average molecular weight is 136 g/mol. The first kappa shape index (κ1) is 6.40. The topological polar surface area (TPSA) is 6.48 Å². The summed E-state index contributed by atoms with van der Waals surface area (Å²) >= 11 is 0. The Labute approximate surface area is 50.2 Å². The van der Waals surface area contributed by atoms with Crippen molar-refractivity contribution in [2.75, 3.05) is 27.2 Å². The SMILES string of the molecule is CN1CCN(C)P1F. The molecule has 0 unspecified atom stereocenters. The van der Waals surface area contributed by atoms with Crippen molar-refractivity contribution in [2.24, 2.45) is 0 Å². The van der Waals surface area contributed by atoms with Gasteiger partial charge in [0, 0.05) is 13.1 Å². The molecule has 1 rings (SSSR count). The average Bonchev–Trinajstić information content (AvgIpc) is 1.98. The summed E-state index contributed by atoms with van der Waals surface area (Å²) in [4.78, 5) is 0. The summed E-state index contributed by atoms with van der Waals surface area (Å²) in [5.74, 6) is 0. The van der Waals surface area contributed by atoms with Crippen LogP contribution in [0, 0.1) is 0 Å². The van der Waals surface area contributed by atoms with Gasteiger partial charge in [-0.1, -0.05) is 0 Å². The van der Waals surface area contributed by atoms with Crippen LogP contribution in [0.3, 0.4) is 0 Å². The molecule has 0 aromatic carbocycles. The Morgan fingerprint density at radius 2 is 1.62 bits per heavy atom. The van der Waals surface area contributed by atoms with E-state index in [0.717, 1.165) is 13.1 Å². The van der Waals surface area contributed by atoms with E-state index in [9.17, 15) is 4.20 Å². The summed E-state index contributed by atoms with van der Waals surface area (Å²) in [7, 11) is 2.21. The van der Waals surface area contributed by atoms with Gasteiger partial charge in [0.1, 0.15) is 0 Å². The van der Waals surface area contributed by atoms with Crippen molar-refractivity contribution < 1.29 is 4.20 Å². The summed E-state index contributed by atoms with van der Waals surface area (Å²) in [6.07, 6.45) is 0. The minimum absolute atomic E-state index is 0.874. The molecule has 1 saturated heterocycles. The fourth-order valence-electron chi connectivity index (χ4n) is 0.715. The lowest BCUT2D eigenvalue weighted by molar-refractivity contribution is 0.553. The van der Waals surface area contributed by atoms with Crippen molar-refractivity contribution in [2.45, 2.75) is 0 Å². The molecular formula is C4H10FN2P. The smallest absolute Gasteiger partial charge is 0.236 e. The molecule has 2 nitrogen and oxygen atoms in total. The van der Waals surface area contributed by atoms with E-state index >= 15 is 0 Å². The van der Waals surface area contributed by atoms with Crippen LogP contribution in [0.25, 0.3) is 0 Å². The van der Waals surface area contributed by atoms with Gasteiger partial charge in [0.05, 0.1) is 0 Å². The Hall–Kier alpha value is 0.280. The minimum Gasteiger partial charge on any atom is -0.245 e. The summed E-state index contributed by atoms with van der Waals surface area (Å²) < 4.78 is 16.1. The molecule has 0 bridgehead atoms. The Morgan fingerprint density at radius 3 is 1.75 bits per heavy atom. The van der Waals surface area contributed by atoms with Crippen LogP contribution in [0.5, 0.6) is 0 Å². The van der Waals surface area contributed by atoms with Crippen molar-refractivity contribution in [3.05, 3.63) is 0 Å². The van der Waals surface area contributed by atoms with Crippen LogP contribution in [-0.2, 0) is 0 Å². The summed E-state index contributed by atoms with van der Waals surface area (Å²) in [6.45, 7) is 1.75. The molecule has 1 aliphatic rings. The molecule has 0 amide bonds. The molecule has 0 aliphatic carbocycles. The highest BCUT2D eigenvalue weighted by molar-refractivity contribution is 7.47. The molecule has 0 atom stereocenters.